The summed E-state index contributed by atoms with van der Waals surface area (Å²) in [5.74, 6) is -0.0211. The van der Waals surface area contributed by atoms with Gasteiger partial charge in [0, 0.05) is 39.8 Å². The van der Waals surface area contributed by atoms with Gasteiger partial charge in [0.05, 0.1) is 12.1 Å². The predicted octanol–water partition coefficient (Wildman–Crippen LogP) is 0.646. The summed E-state index contributed by atoms with van der Waals surface area (Å²) >= 11 is 0. The molecule has 7 heteroatoms. The second-order valence-electron chi connectivity index (χ2n) is 7.60. The molecule has 1 aromatic rings. The van der Waals surface area contributed by atoms with Crippen molar-refractivity contribution in [2.75, 3.05) is 26.2 Å². The summed E-state index contributed by atoms with van der Waals surface area (Å²) in [6.07, 6.45) is 4.27. The molecule has 2 aliphatic heterocycles. The number of amides is 2. The third kappa shape index (κ3) is 2.81. The Hall–Kier alpha value is -1.89. The lowest BCUT2D eigenvalue weighted by atomic mass is 9.74. The molecule has 0 bridgehead atoms. The van der Waals surface area contributed by atoms with Crippen LogP contribution in [0.25, 0.3) is 0 Å². The fourth-order valence-electron chi connectivity index (χ4n) is 4.33. The molecule has 1 spiro atoms. The average molecular weight is 334 g/mol. The molecule has 2 amide bonds. The lowest BCUT2D eigenvalue weighted by Crippen LogP contribution is -2.46. The molecule has 0 aliphatic carbocycles. The molecule has 1 N–H and O–H groups in total. The monoisotopic (exact) mass is 334 g/mol. The number of carbonyl (C=O) groups is 2. The van der Waals surface area contributed by atoms with E-state index in [0.29, 0.717) is 25.3 Å². The maximum Gasteiger partial charge on any atom is 0.274 e. The summed E-state index contributed by atoms with van der Waals surface area (Å²) < 4.78 is 1.63. The Morgan fingerprint density at radius 2 is 2.00 bits per heavy atom. The van der Waals surface area contributed by atoms with Crippen LogP contribution in [0.4, 0.5) is 0 Å². The standard InChI is InChI=1S/C17H26N4O3/c1-13(23)21-11-17(10-16(21,2)12-22)5-8-20(9-6-17)15(24)14-4-7-19(3)18-14/h4,7,22H,5-6,8-12H2,1-3H3/t16-/m1/s1. The molecule has 0 unspecified atom stereocenters. The first kappa shape index (κ1) is 17.0. The Labute approximate surface area is 142 Å². The van der Waals surface area contributed by atoms with Crippen molar-refractivity contribution in [3.05, 3.63) is 18.0 Å². The first-order valence-corrected chi connectivity index (χ1v) is 8.47. The third-order valence-corrected chi connectivity index (χ3v) is 5.67. The molecule has 0 aromatic carbocycles. The highest BCUT2D eigenvalue weighted by Gasteiger charge is 2.52. The third-order valence-electron chi connectivity index (χ3n) is 5.67. The molecule has 2 saturated heterocycles. The van der Waals surface area contributed by atoms with E-state index < -0.39 is 5.54 Å². The van der Waals surface area contributed by atoms with Crippen LogP contribution in [0.3, 0.4) is 0 Å². The van der Waals surface area contributed by atoms with E-state index in [1.165, 1.54) is 0 Å². The number of aliphatic hydroxyl groups excluding tert-OH is 1. The van der Waals surface area contributed by atoms with Crippen molar-refractivity contribution >= 4 is 11.8 Å². The van der Waals surface area contributed by atoms with E-state index in [1.807, 2.05) is 16.7 Å². The highest BCUT2D eigenvalue weighted by Crippen LogP contribution is 2.48. The summed E-state index contributed by atoms with van der Waals surface area (Å²) in [5.41, 5.74) is -0.00584. The molecule has 3 heterocycles. The maximum absolute atomic E-state index is 12.5. The van der Waals surface area contributed by atoms with E-state index in [0.717, 1.165) is 19.3 Å². The molecular weight excluding hydrogens is 308 g/mol. The van der Waals surface area contributed by atoms with Gasteiger partial charge in [-0.1, -0.05) is 0 Å². The van der Waals surface area contributed by atoms with Gasteiger partial charge < -0.3 is 14.9 Å². The second kappa shape index (κ2) is 5.88. The number of hydrogen-bond donors (Lipinski definition) is 1. The fourth-order valence-corrected chi connectivity index (χ4v) is 4.33. The quantitative estimate of drug-likeness (QED) is 0.861. The highest BCUT2D eigenvalue weighted by atomic mass is 16.3. The van der Waals surface area contributed by atoms with E-state index in [9.17, 15) is 14.7 Å². The maximum atomic E-state index is 12.5. The molecule has 3 rings (SSSR count). The van der Waals surface area contributed by atoms with Gasteiger partial charge in [-0.15, -0.1) is 0 Å². The Morgan fingerprint density at radius 3 is 2.46 bits per heavy atom. The Kier molecular flexibility index (Phi) is 4.15. The molecular formula is C17H26N4O3. The van der Waals surface area contributed by atoms with Crippen molar-refractivity contribution in [2.45, 2.75) is 38.6 Å². The molecule has 2 fully saturated rings. The summed E-state index contributed by atoms with van der Waals surface area (Å²) in [4.78, 5) is 28.1. The number of piperidine rings is 1. The van der Waals surface area contributed by atoms with E-state index >= 15 is 0 Å². The number of hydrogen-bond acceptors (Lipinski definition) is 4. The zero-order valence-corrected chi connectivity index (χ0v) is 14.7. The van der Waals surface area contributed by atoms with Gasteiger partial charge in [-0.2, -0.15) is 5.10 Å². The smallest absolute Gasteiger partial charge is 0.274 e. The van der Waals surface area contributed by atoms with Gasteiger partial charge >= 0.3 is 0 Å². The van der Waals surface area contributed by atoms with Gasteiger partial charge in [0.2, 0.25) is 5.91 Å². The molecule has 2 aliphatic rings. The van der Waals surface area contributed by atoms with Crippen molar-refractivity contribution in [3.8, 4) is 0 Å². The Morgan fingerprint density at radius 1 is 1.33 bits per heavy atom. The van der Waals surface area contributed by atoms with Gasteiger partial charge in [0.25, 0.3) is 5.91 Å². The normalized spacial score (nSPS) is 26.2. The van der Waals surface area contributed by atoms with Crippen molar-refractivity contribution in [1.29, 1.82) is 0 Å². The van der Waals surface area contributed by atoms with Crippen LogP contribution in [0.1, 0.15) is 43.6 Å². The van der Waals surface area contributed by atoms with Gasteiger partial charge in [0.1, 0.15) is 5.69 Å². The minimum atomic E-state index is -0.487. The van der Waals surface area contributed by atoms with Crippen LogP contribution in [-0.2, 0) is 11.8 Å². The number of aromatic nitrogens is 2. The average Bonchev–Trinajstić information content (AvgIpc) is 3.10. The minimum Gasteiger partial charge on any atom is -0.394 e. The molecule has 0 saturated carbocycles. The summed E-state index contributed by atoms with van der Waals surface area (Å²) in [6, 6.07) is 1.74. The molecule has 7 nitrogen and oxygen atoms in total. The lowest BCUT2D eigenvalue weighted by Gasteiger charge is -2.39. The molecule has 1 aromatic heterocycles. The lowest BCUT2D eigenvalue weighted by molar-refractivity contribution is -0.134. The van der Waals surface area contributed by atoms with Crippen molar-refractivity contribution in [3.63, 3.8) is 0 Å². The minimum absolute atomic E-state index is 0.00401. The Bertz CT molecular complexity index is 648. The van der Waals surface area contributed by atoms with Gasteiger partial charge in [0.15, 0.2) is 0 Å². The molecule has 132 valence electrons. The zero-order valence-electron chi connectivity index (χ0n) is 14.7. The van der Waals surface area contributed by atoms with Crippen LogP contribution in [0.2, 0.25) is 0 Å². The van der Waals surface area contributed by atoms with Crippen molar-refractivity contribution in [2.24, 2.45) is 12.5 Å². The van der Waals surface area contributed by atoms with Gasteiger partial charge in [-0.05, 0) is 37.7 Å². The number of aliphatic hydroxyl groups is 1. The zero-order chi connectivity index (χ0) is 17.5. The van der Waals surface area contributed by atoms with Crippen LogP contribution >= 0.6 is 0 Å². The van der Waals surface area contributed by atoms with Crippen LogP contribution in [0.5, 0.6) is 0 Å². The number of nitrogens with zero attached hydrogens (tertiary/aromatic N) is 4. The van der Waals surface area contributed by atoms with E-state index in [2.05, 4.69) is 5.10 Å². The molecule has 24 heavy (non-hydrogen) atoms. The summed E-state index contributed by atoms with van der Waals surface area (Å²) in [6.45, 7) is 5.50. The molecule has 0 radical (unpaired) electrons. The van der Waals surface area contributed by atoms with Crippen LogP contribution in [0, 0.1) is 5.41 Å². The first-order valence-electron chi connectivity index (χ1n) is 8.47. The number of aryl methyl sites for hydroxylation is 1. The topological polar surface area (TPSA) is 78.7 Å². The van der Waals surface area contributed by atoms with Crippen LogP contribution in [-0.4, -0.2) is 68.3 Å². The summed E-state index contributed by atoms with van der Waals surface area (Å²) in [5, 5.41) is 14.0. The number of rotatable bonds is 2. The first-order chi connectivity index (χ1) is 11.3. The largest absolute Gasteiger partial charge is 0.394 e. The van der Waals surface area contributed by atoms with E-state index in [1.54, 1.807) is 30.9 Å². The SMILES string of the molecule is CC(=O)N1CC2(CCN(C(=O)c3ccn(C)n3)CC2)C[C@]1(C)CO. The highest BCUT2D eigenvalue weighted by molar-refractivity contribution is 5.92. The Balaban J connectivity index is 1.69. The van der Waals surface area contributed by atoms with Crippen LogP contribution in [0.15, 0.2) is 12.3 Å². The molecule has 1 atom stereocenters. The van der Waals surface area contributed by atoms with E-state index in [4.69, 9.17) is 0 Å². The van der Waals surface area contributed by atoms with E-state index in [-0.39, 0.29) is 23.8 Å². The fraction of sp³-hybridized carbons (Fsp3) is 0.706. The van der Waals surface area contributed by atoms with Gasteiger partial charge in [-0.25, -0.2) is 0 Å². The number of likely N-dealkylation sites (tertiary alicyclic amines) is 2. The van der Waals surface area contributed by atoms with Crippen LogP contribution < -0.4 is 0 Å². The second-order valence-corrected chi connectivity index (χ2v) is 7.60. The van der Waals surface area contributed by atoms with Crippen molar-refractivity contribution < 1.29 is 14.7 Å². The predicted molar refractivity (Wildman–Crippen MR) is 88.3 cm³/mol. The van der Waals surface area contributed by atoms with Gasteiger partial charge in [-0.3, -0.25) is 14.3 Å². The van der Waals surface area contributed by atoms with Crippen molar-refractivity contribution in [1.82, 2.24) is 19.6 Å². The number of carbonyl (C=O) groups excluding carboxylic acids is 2. The summed E-state index contributed by atoms with van der Waals surface area (Å²) in [7, 11) is 1.80.